The second kappa shape index (κ2) is 22.4. The average Bonchev–Trinajstić information content (AvgIpc) is 2.81. The summed E-state index contributed by atoms with van der Waals surface area (Å²) in [5.74, 6) is -0.536. The highest BCUT2D eigenvalue weighted by molar-refractivity contribution is 5.86. The topological polar surface area (TPSA) is 125 Å². The summed E-state index contributed by atoms with van der Waals surface area (Å²) in [6, 6.07) is 0. The largest absolute Gasteiger partial charge is 0.508 e. The molecule has 198 valence electrons. The van der Waals surface area contributed by atoms with Crippen molar-refractivity contribution < 1.29 is 52.3 Å². The van der Waals surface area contributed by atoms with Crippen LogP contribution in [0.5, 0.6) is 0 Å². The number of unbranched alkanes of at least 4 members (excludes halogenated alkanes) is 2. The number of esters is 1. The lowest BCUT2D eigenvalue weighted by Crippen LogP contribution is -2.31. The van der Waals surface area contributed by atoms with Gasteiger partial charge in [-0.1, -0.05) is 33.3 Å². The van der Waals surface area contributed by atoms with Crippen LogP contribution in [0.4, 0.5) is 9.59 Å². The molecule has 0 saturated carbocycles. The summed E-state index contributed by atoms with van der Waals surface area (Å²) < 4.78 is 40.8. The lowest BCUT2D eigenvalue weighted by Gasteiger charge is -2.18. The van der Waals surface area contributed by atoms with Gasteiger partial charge in [0.25, 0.3) is 0 Å². The minimum absolute atomic E-state index is 0.0150. The van der Waals surface area contributed by atoms with E-state index in [9.17, 15) is 14.4 Å². The minimum Gasteiger partial charge on any atom is -0.460 e. The van der Waals surface area contributed by atoms with Gasteiger partial charge in [0.2, 0.25) is 0 Å². The molecule has 0 rings (SSSR count). The van der Waals surface area contributed by atoms with Crippen LogP contribution in [0, 0.1) is 0 Å². The van der Waals surface area contributed by atoms with Crippen molar-refractivity contribution in [3.63, 3.8) is 0 Å². The van der Waals surface area contributed by atoms with Gasteiger partial charge in [-0.15, -0.1) is 0 Å². The molecular formula is C23H40O11. The van der Waals surface area contributed by atoms with Crippen molar-refractivity contribution in [2.24, 2.45) is 0 Å². The zero-order chi connectivity index (χ0) is 25.4. The zero-order valence-corrected chi connectivity index (χ0v) is 20.7. The quantitative estimate of drug-likeness (QED) is 0.101. The second-order valence-corrected chi connectivity index (χ2v) is 7.17. The molecule has 0 bridgehead atoms. The molecule has 0 N–H and O–H groups in total. The Labute approximate surface area is 201 Å². The van der Waals surface area contributed by atoms with E-state index in [-0.39, 0.29) is 58.4 Å². The Morgan fingerprint density at radius 1 is 0.647 bits per heavy atom. The molecule has 1 unspecified atom stereocenters. The van der Waals surface area contributed by atoms with Gasteiger partial charge >= 0.3 is 18.3 Å². The first-order valence-electron chi connectivity index (χ1n) is 11.6. The van der Waals surface area contributed by atoms with Crippen LogP contribution in [0.1, 0.15) is 46.5 Å². The van der Waals surface area contributed by atoms with Crippen molar-refractivity contribution in [1.82, 2.24) is 0 Å². The van der Waals surface area contributed by atoms with Crippen LogP contribution in [0.3, 0.4) is 0 Å². The number of ether oxygens (including phenoxy) is 8. The molecule has 34 heavy (non-hydrogen) atoms. The molecule has 11 nitrogen and oxygen atoms in total. The normalized spacial score (nSPS) is 11.4. The smallest absolute Gasteiger partial charge is 0.460 e. The highest BCUT2D eigenvalue weighted by Gasteiger charge is 2.19. The summed E-state index contributed by atoms with van der Waals surface area (Å²) in [5.41, 5.74) is 0.269. The number of rotatable bonds is 21. The maximum Gasteiger partial charge on any atom is 0.508 e. The summed E-state index contributed by atoms with van der Waals surface area (Å²) in [5, 5.41) is 0. The van der Waals surface area contributed by atoms with E-state index in [1.807, 2.05) is 13.8 Å². The van der Waals surface area contributed by atoms with Gasteiger partial charge in [0, 0.05) is 18.8 Å². The molecule has 1 atom stereocenters. The van der Waals surface area contributed by atoms with Crippen LogP contribution < -0.4 is 0 Å². The van der Waals surface area contributed by atoms with Gasteiger partial charge in [0.15, 0.2) is 6.10 Å². The predicted octanol–water partition coefficient (Wildman–Crippen LogP) is 3.43. The van der Waals surface area contributed by atoms with E-state index in [0.29, 0.717) is 13.2 Å². The first-order valence-corrected chi connectivity index (χ1v) is 11.6. The van der Waals surface area contributed by atoms with Gasteiger partial charge < -0.3 is 37.9 Å². The van der Waals surface area contributed by atoms with Gasteiger partial charge in [-0.05, 0) is 19.8 Å². The molecule has 0 aliphatic rings. The van der Waals surface area contributed by atoms with Gasteiger partial charge in [-0.3, -0.25) is 0 Å². The van der Waals surface area contributed by atoms with Crippen LogP contribution in [0.15, 0.2) is 12.2 Å². The Balaban J connectivity index is 4.32. The van der Waals surface area contributed by atoms with Gasteiger partial charge in [0.05, 0.1) is 26.4 Å². The second-order valence-electron chi connectivity index (χ2n) is 7.17. The number of hydrogen-bond donors (Lipinski definition) is 0. The molecule has 0 aromatic heterocycles. The van der Waals surface area contributed by atoms with Crippen LogP contribution >= 0.6 is 0 Å². The third-order valence-corrected chi connectivity index (χ3v) is 3.94. The van der Waals surface area contributed by atoms with Crippen LogP contribution in [0.2, 0.25) is 0 Å². The third-order valence-electron chi connectivity index (χ3n) is 3.94. The van der Waals surface area contributed by atoms with E-state index in [4.69, 9.17) is 37.9 Å². The molecule has 0 heterocycles. The fourth-order valence-electron chi connectivity index (χ4n) is 2.08. The highest BCUT2D eigenvalue weighted by Crippen LogP contribution is 2.01. The van der Waals surface area contributed by atoms with E-state index in [1.165, 1.54) is 6.92 Å². The number of carbonyl (C=O) groups excluding carboxylic acids is 3. The van der Waals surface area contributed by atoms with Gasteiger partial charge in [0.1, 0.15) is 26.4 Å². The summed E-state index contributed by atoms with van der Waals surface area (Å²) in [6.45, 7) is 10.4. The van der Waals surface area contributed by atoms with Crippen LogP contribution in [0.25, 0.3) is 0 Å². The molecule has 0 aromatic rings. The Kier molecular flexibility index (Phi) is 20.9. The predicted molar refractivity (Wildman–Crippen MR) is 122 cm³/mol. The average molecular weight is 493 g/mol. The third kappa shape index (κ3) is 20.3. The maximum absolute atomic E-state index is 11.9. The summed E-state index contributed by atoms with van der Waals surface area (Å²) in [6.07, 6.45) is 1.02. The molecule has 0 fully saturated rings. The molecule has 0 spiro atoms. The van der Waals surface area contributed by atoms with E-state index in [1.54, 1.807) is 0 Å². The van der Waals surface area contributed by atoms with E-state index >= 15 is 0 Å². The Hall–Kier alpha value is -2.37. The monoisotopic (exact) mass is 492 g/mol. The molecule has 0 radical (unpaired) electrons. The van der Waals surface area contributed by atoms with Crippen molar-refractivity contribution >= 4 is 18.3 Å². The molecule has 0 aromatic carbocycles. The van der Waals surface area contributed by atoms with E-state index in [2.05, 4.69) is 6.58 Å². The zero-order valence-electron chi connectivity index (χ0n) is 20.7. The molecule has 0 amide bonds. The molecule has 0 aliphatic carbocycles. The lowest BCUT2D eigenvalue weighted by atomic mass is 10.4. The van der Waals surface area contributed by atoms with Crippen molar-refractivity contribution in [3.05, 3.63) is 12.2 Å². The van der Waals surface area contributed by atoms with Crippen molar-refractivity contribution in [1.29, 1.82) is 0 Å². The van der Waals surface area contributed by atoms with E-state index in [0.717, 1.165) is 25.7 Å². The molecule has 0 aliphatic heterocycles. The van der Waals surface area contributed by atoms with Crippen LogP contribution in [-0.2, 0) is 42.7 Å². The first-order chi connectivity index (χ1) is 16.4. The highest BCUT2D eigenvalue weighted by atomic mass is 16.8. The van der Waals surface area contributed by atoms with Crippen LogP contribution in [-0.4, -0.2) is 90.5 Å². The molecule has 11 heteroatoms. The van der Waals surface area contributed by atoms with Gasteiger partial charge in [-0.25, -0.2) is 14.4 Å². The Morgan fingerprint density at radius 3 is 1.74 bits per heavy atom. The first kappa shape index (κ1) is 31.6. The van der Waals surface area contributed by atoms with Crippen molar-refractivity contribution in [2.75, 3.05) is 66.1 Å². The number of carbonyl (C=O) groups is 3. The van der Waals surface area contributed by atoms with E-state index < -0.39 is 24.4 Å². The summed E-state index contributed by atoms with van der Waals surface area (Å²) >= 11 is 0. The fourth-order valence-corrected chi connectivity index (χ4v) is 2.08. The standard InChI is InChI=1S/C23H40O11/c1-5-7-9-27-11-15-31-22(25)33-18-20(17-29-13-14-30-21(24)19(3)4)34-23(26)32-16-12-28-10-8-6-2/h20H,3,5-18H2,1-2,4H3. The number of hydrogen-bond acceptors (Lipinski definition) is 11. The van der Waals surface area contributed by atoms with Crippen molar-refractivity contribution in [3.8, 4) is 0 Å². The Bertz CT molecular complexity index is 565. The molecular weight excluding hydrogens is 452 g/mol. The van der Waals surface area contributed by atoms with Gasteiger partial charge in [-0.2, -0.15) is 0 Å². The molecule has 0 saturated heterocycles. The minimum atomic E-state index is -0.960. The summed E-state index contributed by atoms with van der Waals surface area (Å²) in [7, 11) is 0. The fraction of sp³-hybridized carbons (Fsp3) is 0.783. The maximum atomic E-state index is 11.9. The lowest BCUT2D eigenvalue weighted by molar-refractivity contribution is -0.141. The van der Waals surface area contributed by atoms with Crippen molar-refractivity contribution in [2.45, 2.75) is 52.6 Å². The summed E-state index contributed by atoms with van der Waals surface area (Å²) in [4.78, 5) is 35.0. The Morgan fingerprint density at radius 2 is 1.18 bits per heavy atom. The SMILES string of the molecule is C=C(C)C(=O)OCCOCC(COC(=O)OCCOCCCC)OC(=O)OCCOCCCC.